The van der Waals surface area contributed by atoms with Crippen molar-refractivity contribution in [3.63, 3.8) is 0 Å². The molecule has 6 nitrogen and oxygen atoms in total. The van der Waals surface area contributed by atoms with Crippen molar-refractivity contribution < 1.29 is 19.5 Å². The summed E-state index contributed by atoms with van der Waals surface area (Å²) in [6.07, 6.45) is 2.11. The van der Waals surface area contributed by atoms with Crippen molar-refractivity contribution in [2.45, 2.75) is 52.5 Å². The Morgan fingerprint density at radius 3 is 2.63 bits per heavy atom. The number of piperidine rings is 1. The van der Waals surface area contributed by atoms with Gasteiger partial charge in [0.2, 0.25) is 11.8 Å². The van der Waals surface area contributed by atoms with E-state index in [1.54, 1.807) is 4.90 Å². The van der Waals surface area contributed by atoms with Gasteiger partial charge in [-0.1, -0.05) is 38.1 Å². The molecule has 2 N–H and O–H groups in total. The van der Waals surface area contributed by atoms with Crippen LogP contribution in [0.1, 0.15) is 56.7 Å². The monoisotopic (exact) mass is 374 g/mol. The molecule has 27 heavy (non-hydrogen) atoms. The first kappa shape index (κ1) is 20.9. The Bertz CT molecular complexity index is 689. The number of rotatable bonds is 7. The first-order valence-electron chi connectivity index (χ1n) is 9.70. The zero-order valence-corrected chi connectivity index (χ0v) is 16.4. The average Bonchev–Trinajstić information content (AvgIpc) is 2.66. The minimum atomic E-state index is -0.958. The number of benzene rings is 1. The molecule has 1 aliphatic rings. The lowest BCUT2D eigenvalue weighted by Gasteiger charge is -2.34. The highest BCUT2D eigenvalue weighted by Crippen LogP contribution is 2.24. The summed E-state index contributed by atoms with van der Waals surface area (Å²) in [6, 6.07) is 6.91. The van der Waals surface area contributed by atoms with Crippen molar-refractivity contribution in [2.24, 2.45) is 11.8 Å². The molecule has 1 fully saturated rings. The topological polar surface area (TPSA) is 86.7 Å². The highest BCUT2D eigenvalue weighted by Gasteiger charge is 2.31. The van der Waals surface area contributed by atoms with Gasteiger partial charge in [0.25, 0.3) is 0 Å². The SMILES string of the molecule is CCC(C)C(=O)N1CCCC(C(=O)NC(CC(=O)O)c2ccccc2C)C1. The van der Waals surface area contributed by atoms with Gasteiger partial charge in [0.15, 0.2) is 0 Å². The van der Waals surface area contributed by atoms with E-state index in [9.17, 15) is 19.5 Å². The van der Waals surface area contributed by atoms with E-state index in [1.807, 2.05) is 45.0 Å². The molecular weight excluding hydrogens is 344 g/mol. The van der Waals surface area contributed by atoms with Crippen molar-refractivity contribution in [1.82, 2.24) is 10.2 Å². The third kappa shape index (κ3) is 5.55. The molecule has 148 valence electrons. The van der Waals surface area contributed by atoms with Gasteiger partial charge < -0.3 is 15.3 Å². The normalized spacial score (nSPS) is 19.2. The molecule has 3 atom stereocenters. The van der Waals surface area contributed by atoms with Crippen LogP contribution in [0.5, 0.6) is 0 Å². The molecule has 1 aromatic carbocycles. The van der Waals surface area contributed by atoms with Crippen molar-refractivity contribution in [3.05, 3.63) is 35.4 Å². The van der Waals surface area contributed by atoms with Crippen molar-refractivity contribution in [3.8, 4) is 0 Å². The number of hydrogen-bond donors (Lipinski definition) is 2. The summed E-state index contributed by atoms with van der Waals surface area (Å²) in [7, 11) is 0. The average molecular weight is 374 g/mol. The van der Waals surface area contributed by atoms with Crippen LogP contribution in [0.25, 0.3) is 0 Å². The Kier molecular flexibility index (Phi) is 7.39. The van der Waals surface area contributed by atoms with Crippen LogP contribution < -0.4 is 5.32 Å². The fourth-order valence-electron chi connectivity index (χ4n) is 3.56. The highest BCUT2D eigenvalue weighted by atomic mass is 16.4. The molecule has 0 bridgehead atoms. The molecule has 0 aromatic heterocycles. The molecule has 6 heteroatoms. The molecule has 2 amide bonds. The third-order valence-electron chi connectivity index (χ3n) is 5.40. The van der Waals surface area contributed by atoms with E-state index in [2.05, 4.69) is 5.32 Å². The number of carbonyl (C=O) groups excluding carboxylic acids is 2. The van der Waals surface area contributed by atoms with E-state index in [0.29, 0.717) is 19.5 Å². The maximum atomic E-state index is 12.8. The van der Waals surface area contributed by atoms with E-state index >= 15 is 0 Å². The van der Waals surface area contributed by atoms with E-state index in [-0.39, 0.29) is 30.1 Å². The number of nitrogens with zero attached hydrogens (tertiary/aromatic N) is 1. The molecule has 1 heterocycles. The van der Waals surface area contributed by atoms with Crippen molar-refractivity contribution >= 4 is 17.8 Å². The second-order valence-electron chi connectivity index (χ2n) is 7.45. The van der Waals surface area contributed by atoms with Gasteiger partial charge in [-0.3, -0.25) is 14.4 Å². The van der Waals surface area contributed by atoms with Gasteiger partial charge in [-0.2, -0.15) is 0 Å². The molecule has 0 saturated carbocycles. The van der Waals surface area contributed by atoms with Crippen LogP contribution in [0.2, 0.25) is 0 Å². The summed E-state index contributed by atoms with van der Waals surface area (Å²) in [6.45, 7) is 6.89. The molecule has 0 aliphatic carbocycles. The number of likely N-dealkylation sites (tertiary alicyclic amines) is 1. The fourth-order valence-corrected chi connectivity index (χ4v) is 3.56. The molecule has 3 unspecified atom stereocenters. The Labute approximate surface area is 160 Å². The number of aliphatic carboxylic acids is 1. The van der Waals surface area contributed by atoms with E-state index in [1.165, 1.54) is 0 Å². The quantitative estimate of drug-likeness (QED) is 0.768. The van der Waals surface area contributed by atoms with Crippen LogP contribution in [0.15, 0.2) is 24.3 Å². The van der Waals surface area contributed by atoms with Crippen LogP contribution in [0.4, 0.5) is 0 Å². The highest BCUT2D eigenvalue weighted by molar-refractivity contribution is 5.83. The zero-order chi connectivity index (χ0) is 20.0. The number of carboxylic acids is 1. The minimum Gasteiger partial charge on any atom is -0.481 e. The largest absolute Gasteiger partial charge is 0.481 e. The van der Waals surface area contributed by atoms with E-state index in [0.717, 1.165) is 24.0 Å². The molecule has 1 aliphatic heterocycles. The van der Waals surface area contributed by atoms with Gasteiger partial charge in [0, 0.05) is 19.0 Å². The van der Waals surface area contributed by atoms with Gasteiger partial charge in [0.05, 0.1) is 18.4 Å². The molecular formula is C21H30N2O4. The summed E-state index contributed by atoms with van der Waals surface area (Å²) in [5.41, 5.74) is 1.76. The Hall–Kier alpha value is -2.37. The van der Waals surface area contributed by atoms with Gasteiger partial charge in [-0.25, -0.2) is 0 Å². The molecule has 1 saturated heterocycles. The van der Waals surface area contributed by atoms with Crippen LogP contribution in [0, 0.1) is 18.8 Å². The number of carbonyl (C=O) groups is 3. The summed E-state index contributed by atoms with van der Waals surface area (Å²) < 4.78 is 0. The van der Waals surface area contributed by atoms with Crippen LogP contribution >= 0.6 is 0 Å². The summed E-state index contributed by atoms with van der Waals surface area (Å²) in [5.74, 6) is -1.38. The minimum absolute atomic E-state index is 0.0430. The van der Waals surface area contributed by atoms with E-state index < -0.39 is 12.0 Å². The number of aryl methyl sites for hydroxylation is 1. The first-order chi connectivity index (χ1) is 12.8. The zero-order valence-electron chi connectivity index (χ0n) is 16.4. The smallest absolute Gasteiger partial charge is 0.305 e. The maximum Gasteiger partial charge on any atom is 0.305 e. The second kappa shape index (κ2) is 9.53. The predicted molar refractivity (Wildman–Crippen MR) is 103 cm³/mol. The molecule has 0 spiro atoms. The Balaban J connectivity index is 2.09. The summed E-state index contributed by atoms with van der Waals surface area (Å²) in [4.78, 5) is 38.4. The number of amides is 2. The van der Waals surface area contributed by atoms with Gasteiger partial charge in [0.1, 0.15) is 0 Å². The van der Waals surface area contributed by atoms with E-state index in [4.69, 9.17) is 0 Å². The van der Waals surface area contributed by atoms with Gasteiger partial charge in [-0.15, -0.1) is 0 Å². The third-order valence-corrected chi connectivity index (χ3v) is 5.40. The van der Waals surface area contributed by atoms with Crippen LogP contribution in [0.3, 0.4) is 0 Å². The Morgan fingerprint density at radius 2 is 2.00 bits per heavy atom. The Morgan fingerprint density at radius 1 is 1.30 bits per heavy atom. The molecule has 0 radical (unpaired) electrons. The summed E-state index contributed by atoms with van der Waals surface area (Å²) in [5, 5.41) is 12.2. The molecule has 1 aromatic rings. The standard InChI is InChI=1S/C21H30N2O4/c1-4-14(2)21(27)23-11-7-9-16(13-23)20(26)22-18(12-19(24)25)17-10-6-5-8-15(17)3/h5-6,8,10,14,16,18H,4,7,9,11-13H2,1-3H3,(H,22,26)(H,24,25). The number of carboxylic acid groups (broad SMARTS) is 1. The number of hydrogen-bond acceptors (Lipinski definition) is 3. The lowest BCUT2D eigenvalue weighted by atomic mass is 9.93. The van der Waals surface area contributed by atoms with Crippen molar-refractivity contribution in [1.29, 1.82) is 0 Å². The lowest BCUT2D eigenvalue weighted by Crippen LogP contribution is -2.47. The maximum absolute atomic E-state index is 12.8. The molecule has 2 rings (SSSR count). The van der Waals surface area contributed by atoms with Crippen LogP contribution in [-0.4, -0.2) is 40.9 Å². The second-order valence-corrected chi connectivity index (χ2v) is 7.45. The number of nitrogens with one attached hydrogen (secondary N) is 1. The fraction of sp³-hybridized carbons (Fsp3) is 0.571. The lowest BCUT2D eigenvalue weighted by molar-refractivity contribution is -0.139. The van der Waals surface area contributed by atoms with Crippen molar-refractivity contribution in [2.75, 3.05) is 13.1 Å². The first-order valence-corrected chi connectivity index (χ1v) is 9.70. The van der Waals surface area contributed by atoms with Gasteiger partial charge in [-0.05, 0) is 37.3 Å². The van der Waals surface area contributed by atoms with Gasteiger partial charge >= 0.3 is 5.97 Å². The van der Waals surface area contributed by atoms with Crippen LogP contribution in [-0.2, 0) is 14.4 Å². The predicted octanol–water partition coefficient (Wildman–Crippen LogP) is 2.91. The summed E-state index contributed by atoms with van der Waals surface area (Å²) >= 11 is 0.